The van der Waals surface area contributed by atoms with Gasteiger partial charge in [0.1, 0.15) is 0 Å². The number of hydrogen-bond donors (Lipinski definition) is 2. The molecule has 0 amide bonds. The molecule has 2 N–H and O–H groups in total. The van der Waals surface area contributed by atoms with Gasteiger partial charge in [-0.3, -0.25) is 0 Å². The largest absolute Gasteiger partial charge is 0.429 e. The summed E-state index contributed by atoms with van der Waals surface area (Å²) in [6.45, 7) is 7.13. The van der Waals surface area contributed by atoms with Crippen molar-refractivity contribution in [1.82, 2.24) is 0 Å². The summed E-state index contributed by atoms with van der Waals surface area (Å²) in [6, 6.07) is 0. The van der Waals surface area contributed by atoms with Gasteiger partial charge in [0.25, 0.3) is 0 Å². The number of carbonyl (C=O) groups excluding carboxylic acids is 1. The van der Waals surface area contributed by atoms with Gasteiger partial charge >= 0.3 is 5.97 Å². The van der Waals surface area contributed by atoms with E-state index in [0.717, 1.165) is 25.7 Å². The van der Waals surface area contributed by atoms with Crippen LogP contribution in [0.15, 0.2) is 11.6 Å². The minimum absolute atomic E-state index is 0.00488. The molecular formula is C20H30O5. The highest BCUT2D eigenvalue weighted by atomic mass is 16.6. The third-order valence-electron chi connectivity index (χ3n) is 7.83. The average Bonchev–Trinajstić information content (AvgIpc) is 3.07. The number of aliphatic hydroxyl groups is 2. The minimum atomic E-state index is -1.21. The van der Waals surface area contributed by atoms with Crippen LogP contribution in [0.1, 0.15) is 59.3 Å². The van der Waals surface area contributed by atoms with Gasteiger partial charge in [-0.15, -0.1) is 0 Å². The Kier molecular flexibility index (Phi) is 3.88. The van der Waals surface area contributed by atoms with Crippen LogP contribution in [0.5, 0.6) is 0 Å². The molecule has 3 fully saturated rings. The fourth-order valence-corrected chi connectivity index (χ4v) is 6.74. The number of carbonyl (C=O) groups is 1. The predicted octanol–water partition coefficient (Wildman–Crippen LogP) is 2.55. The lowest BCUT2D eigenvalue weighted by Gasteiger charge is -2.60. The van der Waals surface area contributed by atoms with Crippen LogP contribution in [0.2, 0.25) is 0 Å². The summed E-state index contributed by atoms with van der Waals surface area (Å²) in [5, 5.41) is 20.3. The van der Waals surface area contributed by atoms with Crippen LogP contribution in [0.3, 0.4) is 0 Å². The highest BCUT2D eigenvalue weighted by Crippen LogP contribution is 2.66. The standard InChI is InChI=1S/C20H30O5/c1-18(2)6-4-7-19(3)14(18)5-8-20(11-21)15(19)10-13(25-20)12-9-16(22)24-17(12)23/h9,13-15,17,21,23H,4-8,10-11H2,1-3H3/t13-,14-,15+,17+,19-,20-/m1/s1. The third kappa shape index (κ3) is 2.42. The monoisotopic (exact) mass is 350 g/mol. The molecule has 0 aromatic heterocycles. The van der Waals surface area contributed by atoms with E-state index < -0.39 is 17.9 Å². The molecule has 2 heterocycles. The number of ether oxygens (including phenoxy) is 2. The minimum Gasteiger partial charge on any atom is -0.429 e. The van der Waals surface area contributed by atoms with E-state index in [2.05, 4.69) is 20.8 Å². The summed E-state index contributed by atoms with van der Waals surface area (Å²) in [5.41, 5.74) is 0.377. The topological polar surface area (TPSA) is 76.0 Å². The van der Waals surface area contributed by atoms with E-state index in [1.54, 1.807) is 0 Å². The Labute approximate surface area is 149 Å². The Hall–Kier alpha value is -0.910. The molecular weight excluding hydrogens is 320 g/mol. The molecule has 0 unspecified atom stereocenters. The smallest absolute Gasteiger partial charge is 0.333 e. The van der Waals surface area contributed by atoms with Gasteiger partial charge in [-0.05, 0) is 54.8 Å². The first-order valence-electron chi connectivity index (χ1n) is 9.61. The van der Waals surface area contributed by atoms with E-state index in [1.807, 2.05) is 0 Å². The van der Waals surface area contributed by atoms with Crippen molar-refractivity contribution in [2.45, 2.75) is 77.3 Å². The average molecular weight is 350 g/mol. The number of esters is 1. The van der Waals surface area contributed by atoms with Crippen molar-refractivity contribution in [3.8, 4) is 0 Å². The Morgan fingerprint density at radius 2 is 1.96 bits per heavy atom. The summed E-state index contributed by atoms with van der Waals surface area (Å²) in [7, 11) is 0. The van der Waals surface area contributed by atoms with Crippen LogP contribution in [-0.2, 0) is 14.3 Å². The number of aliphatic hydroxyl groups excluding tert-OH is 2. The predicted molar refractivity (Wildman–Crippen MR) is 91.4 cm³/mol. The Morgan fingerprint density at radius 1 is 1.20 bits per heavy atom. The van der Waals surface area contributed by atoms with Crippen LogP contribution in [0.25, 0.3) is 0 Å². The maximum Gasteiger partial charge on any atom is 0.333 e. The normalized spacial score (nSPS) is 48.5. The lowest BCUT2D eigenvalue weighted by Crippen LogP contribution is -2.58. The van der Waals surface area contributed by atoms with Crippen LogP contribution < -0.4 is 0 Å². The molecule has 2 aliphatic carbocycles. The van der Waals surface area contributed by atoms with E-state index in [0.29, 0.717) is 16.9 Å². The molecule has 0 bridgehead atoms. The van der Waals surface area contributed by atoms with Crippen molar-refractivity contribution in [3.63, 3.8) is 0 Å². The molecule has 25 heavy (non-hydrogen) atoms. The zero-order valence-electron chi connectivity index (χ0n) is 15.5. The number of rotatable bonds is 2. The molecule has 6 atom stereocenters. The van der Waals surface area contributed by atoms with Crippen molar-refractivity contribution in [3.05, 3.63) is 11.6 Å². The van der Waals surface area contributed by atoms with E-state index in [-0.39, 0.29) is 24.0 Å². The van der Waals surface area contributed by atoms with Gasteiger partial charge in [-0.1, -0.05) is 27.2 Å². The SMILES string of the molecule is CC1(C)CCC[C@]2(C)[C@@H]1CC[C@]1(CO)O[C@@H](C3=CC(=O)O[C@@H]3O)C[C@H]12. The molecule has 0 aromatic rings. The Bertz CT molecular complexity index is 611. The molecule has 2 saturated carbocycles. The molecule has 140 valence electrons. The van der Waals surface area contributed by atoms with Gasteiger partial charge in [-0.25, -0.2) is 4.79 Å². The van der Waals surface area contributed by atoms with Crippen LogP contribution in [-0.4, -0.2) is 40.8 Å². The van der Waals surface area contributed by atoms with Crippen molar-refractivity contribution in [2.24, 2.45) is 22.7 Å². The maximum absolute atomic E-state index is 11.5. The molecule has 1 saturated heterocycles. The van der Waals surface area contributed by atoms with Gasteiger partial charge < -0.3 is 19.7 Å². The second-order valence-corrected chi connectivity index (χ2v) is 9.49. The van der Waals surface area contributed by atoms with E-state index >= 15 is 0 Å². The molecule has 0 radical (unpaired) electrons. The summed E-state index contributed by atoms with van der Waals surface area (Å²) >= 11 is 0. The molecule has 0 spiro atoms. The number of hydrogen-bond acceptors (Lipinski definition) is 5. The first-order valence-corrected chi connectivity index (χ1v) is 9.61. The Balaban J connectivity index is 1.68. The third-order valence-corrected chi connectivity index (χ3v) is 7.83. The van der Waals surface area contributed by atoms with Gasteiger partial charge in [0, 0.05) is 11.6 Å². The summed E-state index contributed by atoms with van der Waals surface area (Å²) in [5.74, 6) is 0.333. The lowest BCUT2D eigenvalue weighted by molar-refractivity contribution is -0.178. The molecule has 4 rings (SSSR count). The van der Waals surface area contributed by atoms with Gasteiger partial charge in [-0.2, -0.15) is 0 Å². The van der Waals surface area contributed by atoms with E-state index in [9.17, 15) is 15.0 Å². The maximum atomic E-state index is 11.5. The fourth-order valence-electron chi connectivity index (χ4n) is 6.74. The quantitative estimate of drug-likeness (QED) is 0.749. The summed E-state index contributed by atoms with van der Waals surface area (Å²) in [6.07, 6.45) is 6.06. The number of cyclic esters (lactones) is 1. The van der Waals surface area contributed by atoms with Gasteiger partial charge in [0.2, 0.25) is 6.29 Å². The van der Waals surface area contributed by atoms with Crippen molar-refractivity contribution in [2.75, 3.05) is 6.61 Å². The molecule has 2 aliphatic heterocycles. The molecule has 4 aliphatic rings. The van der Waals surface area contributed by atoms with Gasteiger partial charge in [0.15, 0.2) is 0 Å². The lowest BCUT2D eigenvalue weighted by atomic mass is 9.45. The highest BCUT2D eigenvalue weighted by Gasteiger charge is 2.64. The van der Waals surface area contributed by atoms with Crippen LogP contribution in [0, 0.1) is 22.7 Å². The van der Waals surface area contributed by atoms with Crippen LogP contribution in [0.4, 0.5) is 0 Å². The van der Waals surface area contributed by atoms with E-state index in [4.69, 9.17) is 9.47 Å². The fraction of sp³-hybridized carbons (Fsp3) is 0.850. The zero-order chi connectivity index (χ0) is 18.0. The summed E-state index contributed by atoms with van der Waals surface area (Å²) < 4.78 is 11.2. The molecule has 5 heteroatoms. The molecule has 5 nitrogen and oxygen atoms in total. The first kappa shape index (κ1) is 17.5. The van der Waals surface area contributed by atoms with Gasteiger partial charge in [0.05, 0.1) is 18.3 Å². The first-order chi connectivity index (χ1) is 11.7. The second-order valence-electron chi connectivity index (χ2n) is 9.49. The van der Waals surface area contributed by atoms with Crippen molar-refractivity contribution >= 4 is 5.97 Å². The highest BCUT2D eigenvalue weighted by molar-refractivity contribution is 5.85. The van der Waals surface area contributed by atoms with Crippen molar-refractivity contribution < 1.29 is 24.5 Å². The summed E-state index contributed by atoms with van der Waals surface area (Å²) in [4.78, 5) is 11.5. The Morgan fingerprint density at radius 3 is 2.60 bits per heavy atom. The van der Waals surface area contributed by atoms with Crippen molar-refractivity contribution in [1.29, 1.82) is 0 Å². The zero-order valence-corrected chi connectivity index (χ0v) is 15.5. The second kappa shape index (κ2) is 5.54. The van der Waals surface area contributed by atoms with E-state index in [1.165, 1.54) is 18.9 Å². The van der Waals surface area contributed by atoms with Crippen LogP contribution >= 0.6 is 0 Å². The number of fused-ring (bicyclic) bond motifs is 3. The molecule has 0 aromatic carbocycles.